The summed E-state index contributed by atoms with van der Waals surface area (Å²) in [5.74, 6) is 4.53. The van der Waals surface area contributed by atoms with E-state index in [1.165, 1.54) is 0 Å². The van der Waals surface area contributed by atoms with Gasteiger partial charge in [0.2, 0.25) is 0 Å². The Morgan fingerprint density at radius 3 is 2.29 bits per heavy atom. The van der Waals surface area contributed by atoms with Gasteiger partial charge in [-0.15, -0.1) is 0 Å². The van der Waals surface area contributed by atoms with E-state index in [2.05, 4.69) is 10.5 Å². The molecule has 0 aliphatic heterocycles. The van der Waals surface area contributed by atoms with Crippen LogP contribution in [0.5, 0.6) is 0 Å². The van der Waals surface area contributed by atoms with E-state index in [0.29, 0.717) is 0 Å². The highest BCUT2D eigenvalue weighted by atomic mass is 31.2. The van der Waals surface area contributed by atoms with Crippen LogP contribution >= 0.6 is 7.52 Å². The van der Waals surface area contributed by atoms with Crippen molar-refractivity contribution in [3.05, 3.63) is 0 Å². The zero-order chi connectivity index (χ0) is 5.91. The normalized spacial score (nSPS) is 18.7. The first-order chi connectivity index (χ1) is 3.12. The molecule has 0 aromatic heterocycles. The average Bonchev–Trinajstić information content (AvgIpc) is 1.68. The van der Waals surface area contributed by atoms with Gasteiger partial charge in [-0.1, -0.05) is 6.92 Å². The molecule has 0 aromatic carbocycles. The summed E-state index contributed by atoms with van der Waals surface area (Å²) in [4.78, 5) is 0. The first-order valence-electron chi connectivity index (χ1n) is 1.88. The molecule has 1 atom stereocenters. The summed E-state index contributed by atoms with van der Waals surface area (Å²) in [7, 11) is -2.88. The lowest BCUT2D eigenvalue weighted by Gasteiger charge is -2.02. The molecule has 0 radical (unpaired) electrons. The smallest absolute Gasteiger partial charge is 0.274 e. The Kier molecular flexibility index (Phi) is 2.46. The second-order valence-corrected chi connectivity index (χ2v) is 3.44. The third-order valence-electron chi connectivity index (χ3n) is 0.619. The molecule has 44 valence electrons. The molecule has 4 N–H and O–H groups in total. The fourth-order valence-corrected chi connectivity index (χ4v) is 0.224. The molecule has 0 saturated heterocycles. The molecule has 0 rings (SSSR count). The van der Waals surface area contributed by atoms with Crippen molar-refractivity contribution in [2.45, 2.75) is 6.92 Å². The summed E-state index contributed by atoms with van der Waals surface area (Å²) < 4.78 is 14.3. The lowest BCUT2D eigenvalue weighted by atomic mass is 11.0. The van der Waals surface area contributed by atoms with Gasteiger partial charge in [0, 0.05) is 6.16 Å². The minimum Gasteiger partial charge on any atom is -0.274 e. The Morgan fingerprint density at radius 2 is 2.29 bits per heavy atom. The second kappa shape index (κ2) is 2.43. The molecule has 0 amide bonds. The Labute approximate surface area is 42.3 Å². The van der Waals surface area contributed by atoms with Crippen molar-refractivity contribution in [1.29, 1.82) is 0 Å². The lowest BCUT2D eigenvalue weighted by molar-refractivity contribution is 0.329. The SMILES string of the molecule is CCP(N)(=O)ON. The van der Waals surface area contributed by atoms with Crippen LogP contribution in [0.15, 0.2) is 0 Å². The Bertz CT molecular complexity index is 85.7. The zero-order valence-corrected chi connectivity index (χ0v) is 5.02. The van der Waals surface area contributed by atoms with Gasteiger partial charge < -0.3 is 0 Å². The quantitative estimate of drug-likeness (QED) is 0.402. The van der Waals surface area contributed by atoms with Crippen molar-refractivity contribution in [2.24, 2.45) is 11.4 Å². The summed E-state index contributed by atoms with van der Waals surface area (Å²) in [6, 6.07) is 0. The van der Waals surface area contributed by atoms with E-state index in [4.69, 9.17) is 5.50 Å². The maximum Gasteiger partial charge on any atom is 0.282 e. The second-order valence-electron chi connectivity index (χ2n) is 1.15. The summed E-state index contributed by atoms with van der Waals surface area (Å²) >= 11 is 0. The van der Waals surface area contributed by atoms with Crippen LogP contribution in [0.3, 0.4) is 0 Å². The Morgan fingerprint density at radius 1 is 1.86 bits per heavy atom. The molecular weight excluding hydrogens is 115 g/mol. The van der Waals surface area contributed by atoms with Crippen LogP contribution in [0.4, 0.5) is 0 Å². The molecule has 7 heavy (non-hydrogen) atoms. The minimum atomic E-state index is -2.88. The minimum absolute atomic E-state index is 0.281. The molecule has 1 unspecified atom stereocenters. The van der Waals surface area contributed by atoms with Gasteiger partial charge in [0.15, 0.2) is 0 Å². The van der Waals surface area contributed by atoms with Crippen molar-refractivity contribution in [3.63, 3.8) is 0 Å². The maximum absolute atomic E-state index is 10.4. The third-order valence-corrected chi connectivity index (χ3v) is 1.86. The lowest BCUT2D eigenvalue weighted by Crippen LogP contribution is -2.05. The van der Waals surface area contributed by atoms with Gasteiger partial charge in [-0.25, -0.2) is 10.5 Å². The van der Waals surface area contributed by atoms with Crippen molar-refractivity contribution in [2.75, 3.05) is 6.16 Å². The Hall–Kier alpha value is 0.110. The number of nitrogens with two attached hydrogens (primary N) is 2. The molecule has 0 saturated carbocycles. The van der Waals surface area contributed by atoms with Gasteiger partial charge in [-0.2, -0.15) is 0 Å². The van der Waals surface area contributed by atoms with E-state index in [1.807, 2.05) is 0 Å². The standard InChI is InChI=1S/C2H9N2O2P/c1-2-7(4,5)6-3/h2-3H2,1H3,(H2,4,5). The van der Waals surface area contributed by atoms with Crippen LogP contribution in [-0.2, 0) is 9.19 Å². The zero-order valence-electron chi connectivity index (χ0n) is 4.13. The van der Waals surface area contributed by atoms with E-state index in [1.54, 1.807) is 6.92 Å². The highest BCUT2D eigenvalue weighted by molar-refractivity contribution is 7.56. The van der Waals surface area contributed by atoms with Crippen LogP contribution in [0.1, 0.15) is 6.92 Å². The monoisotopic (exact) mass is 124 g/mol. The first-order valence-corrected chi connectivity index (χ1v) is 3.76. The van der Waals surface area contributed by atoms with Gasteiger partial charge in [0.1, 0.15) is 0 Å². The van der Waals surface area contributed by atoms with Gasteiger partial charge in [-0.3, -0.25) is 10.1 Å². The highest BCUT2D eigenvalue weighted by Gasteiger charge is 2.09. The number of hydrogen-bond acceptors (Lipinski definition) is 3. The fourth-order valence-electron chi connectivity index (χ4n) is 0.0745. The summed E-state index contributed by atoms with van der Waals surface area (Å²) in [6.45, 7) is 1.65. The summed E-state index contributed by atoms with van der Waals surface area (Å²) in [5.41, 5.74) is 4.92. The van der Waals surface area contributed by atoms with Crippen molar-refractivity contribution in [3.8, 4) is 0 Å². The largest absolute Gasteiger partial charge is 0.282 e. The average molecular weight is 124 g/mol. The third kappa shape index (κ3) is 2.76. The first kappa shape index (κ1) is 7.11. The Balaban J connectivity index is 3.61. The fraction of sp³-hybridized carbons (Fsp3) is 1.00. The van der Waals surface area contributed by atoms with E-state index >= 15 is 0 Å². The molecular formula is C2H9N2O2P. The van der Waals surface area contributed by atoms with Crippen molar-refractivity contribution >= 4 is 7.52 Å². The van der Waals surface area contributed by atoms with Gasteiger partial charge in [0.05, 0.1) is 0 Å². The molecule has 0 fully saturated rings. The summed E-state index contributed by atoms with van der Waals surface area (Å²) in [5, 5.41) is 0. The van der Waals surface area contributed by atoms with Crippen molar-refractivity contribution in [1.82, 2.24) is 0 Å². The van der Waals surface area contributed by atoms with E-state index in [0.717, 1.165) is 0 Å². The van der Waals surface area contributed by atoms with Gasteiger partial charge in [-0.05, 0) is 0 Å². The topological polar surface area (TPSA) is 78.3 Å². The number of hydrogen-bond donors (Lipinski definition) is 2. The van der Waals surface area contributed by atoms with Crippen LogP contribution in [0.2, 0.25) is 0 Å². The van der Waals surface area contributed by atoms with Crippen LogP contribution in [0, 0.1) is 0 Å². The van der Waals surface area contributed by atoms with Crippen LogP contribution in [-0.4, -0.2) is 6.16 Å². The predicted octanol–water partition coefficient (Wildman–Crippen LogP) is 0.0484. The molecule has 0 spiro atoms. The summed E-state index contributed by atoms with van der Waals surface area (Å²) in [6.07, 6.45) is 0.281. The van der Waals surface area contributed by atoms with E-state index in [-0.39, 0.29) is 6.16 Å². The van der Waals surface area contributed by atoms with Gasteiger partial charge in [0.25, 0.3) is 7.52 Å². The highest BCUT2D eigenvalue weighted by Crippen LogP contribution is 2.33. The molecule has 0 aliphatic carbocycles. The molecule has 4 nitrogen and oxygen atoms in total. The number of rotatable bonds is 2. The van der Waals surface area contributed by atoms with Crippen LogP contribution < -0.4 is 11.4 Å². The molecule has 0 heterocycles. The van der Waals surface area contributed by atoms with E-state index in [9.17, 15) is 4.57 Å². The van der Waals surface area contributed by atoms with E-state index < -0.39 is 7.52 Å². The molecule has 0 aliphatic rings. The molecule has 0 bridgehead atoms. The maximum atomic E-state index is 10.4. The van der Waals surface area contributed by atoms with Gasteiger partial charge >= 0.3 is 0 Å². The van der Waals surface area contributed by atoms with Crippen molar-refractivity contribution < 1.29 is 9.19 Å². The van der Waals surface area contributed by atoms with Crippen LogP contribution in [0.25, 0.3) is 0 Å². The molecule has 0 aromatic rings. The predicted molar refractivity (Wildman–Crippen MR) is 27.6 cm³/mol. The molecule has 5 heteroatoms.